The van der Waals surface area contributed by atoms with Gasteiger partial charge in [0.1, 0.15) is 22.2 Å². The molecule has 0 unspecified atom stereocenters. The van der Waals surface area contributed by atoms with Gasteiger partial charge in [-0.15, -0.1) is 6.58 Å². The summed E-state index contributed by atoms with van der Waals surface area (Å²) in [4.78, 5) is 40.3. The molecule has 0 spiro atoms. The van der Waals surface area contributed by atoms with Crippen LogP contribution < -0.4 is 10.7 Å². The normalized spacial score (nSPS) is 21.2. The third kappa shape index (κ3) is 3.76. The molecule has 2 N–H and O–H groups in total. The SMILES string of the molecule is C=CCC[C@]12Cn3cc(C(=O)NCc4ccc(F)c(Cl)c4F)c(=O)c(O)c3C(=O)N1[C@H](C)CO2. The summed E-state index contributed by atoms with van der Waals surface area (Å²) in [6.07, 6.45) is 3.86. The fraction of sp³-hybridized carbons (Fsp3) is 0.348. The van der Waals surface area contributed by atoms with E-state index in [1.165, 1.54) is 15.7 Å². The van der Waals surface area contributed by atoms with E-state index in [9.17, 15) is 28.3 Å². The molecule has 0 bridgehead atoms. The molecule has 8 nitrogen and oxygen atoms in total. The number of hydrogen-bond donors (Lipinski definition) is 2. The van der Waals surface area contributed by atoms with Crippen molar-refractivity contribution in [2.45, 2.75) is 44.6 Å². The Balaban J connectivity index is 1.67. The molecule has 0 radical (unpaired) electrons. The van der Waals surface area contributed by atoms with Crippen LogP contribution in [0.2, 0.25) is 5.02 Å². The molecule has 1 fully saturated rings. The van der Waals surface area contributed by atoms with Crippen molar-refractivity contribution in [2.24, 2.45) is 0 Å². The standard InChI is InChI=1S/C23H22ClF2N3O5/c1-3-4-7-23-11-28-9-14(21(32)27-8-13-5-6-15(25)16(24)17(13)26)19(30)20(31)18(28)22(33)29(23)12(2)10-34-23/h3,5-6,9,12,31H,1,4,7-8,10-11H2,2H3,(H,27,32)/t12-,23+/m1/s1. The molecule has 1 aromatic heterocycles. The van der Waals surface area contributed by atoms with E-state index < -0.39 is 50.9 Å². The lowest BCUT2D eigenvalue weighted by Gasteiger charge is -2.43. The van der Waals surface area contributed by atoms with E-state index in [-0.39, 0.29) is 37.0 Å². The molecule has 34 heavy (non-hydrogen) atoms. The minimum Gasteiger partial charge on any atom is -0.503 e. The van der Waals surface area contributed by atoms with Crippen molar-refractivity contribution < 1.29 is 28.2 Å². The highest BCUT2D eigenvalue weighted by Gasteiger charge is 2.53. The van der Waals surface area contributed by atoms with Gasteiger partial charge in [-0.25, -0.2) is 8.78 Å². The minimum atomic E-state index is -1.04. The summed E-state index contributed by atoms with van der Waals surface area (Å²) in [6.45, 7) is 5.49. The van der Waals surface area contributed by atoms with Crippen LogP contribution in [0.5, 0.6) is 5.75 Å². The van der Waals surface area contributed by atoms with E-state index >= 15 is 0 Å². The van der Waals surface area contributed by atoms with E-state index in [2.05, 4.69) is 11.9 Å². The molecule has 2 amide bonds. The molecule has 1 saturated heterocycles. The molecular formula is C23H22ClF2N3O5. The Morgan fingerprint density at radius 3 is 2.85 bits per heavy atom. The Morgan fingerprint density at radius 1 is 1.41 bits per heavy atom. The highest BCUT2D eigenvalue weighted by Crippen LogP contribution is 2.40. The number of aromatic nitrogens is 1. The summed E-state index contributed by atoms with van der Waals surface area (Å²) < 4.78 is 34.8. The zero-order chi connectivity index (χ0) is 24.8. The van der Waals surface area contributed by atoms with Crippen LogP contribution in [0.4, 0.5) is 8.78 Å². The number of pyridine rings is 1. The number of fused-ring (bicyclic) bond motifs is 2. The Bertz CT molecular complexity index is 1260. The van der Waals surface area contributed by atoms with E-state index in [0.717, 1.165) is 12.1 Å². The third-order valence-corrected chi connectivity index (χ3v) is 6.45. The highest BCUT2D eigenvalue weighted by atomic mass is 35.5. The van der Waals surface area contributed by atoms with Crippen molar-refractivity contribution in [3.63, 3.8) is 0 Å². The first-order valence-electron chi connectivity index (χ1n) is 10.6. The van der Waals surface area contributed by atoms with E-state index in [1.807, 2.05) is 0 Å². The lowest BCUT2D eigenvalue weighted by molar-refractivity contribution is -0.0946. The quantitative estimate of drug-likeness (QED) is 0.476. The molecule has 2 aliphatic rings. The smallest absolute Gasteiger partial charge is 0.277 e. The Morgan fingerprint density at radius 2 is 2.15 bits per heavy atom. The van der Waals surface area contributed by atoms with Gasteiger partial charge < -0.3 is 24.6 Å². The number of aromatic hydroxyl groups is 1. The Kier molecular flexibility index (Phi) is 6.22. The highest BCUT2D eigenvalue weighted by molar-refractivity contribution is 6.30. The summed E-state index contributed by atoms with van der Waals surface area (Å²) in [5.74, 6) is -4.32. The Labute approximate surface area is 198 Å². The number of hydrogen-bond acceptors (Lipinski definition) is 5. The molecular weight excluding hydrogens is 472 g/mol. The van der Waals surface area contributed by atoms with Crippen molar-refractivity contribution >= 4 is 23.4 Å². The van der Waals surface area contributed by atoms with Crippen LogP contribution in [0.1, 0.15) is 46.2 Å². The maximum atomic E-state index is 14.1. The predicted molar refractivity (Wildman–Crippen MR) is 119 cm³/mol. The largest absolute Gasteiger partial charge is 0.503 e. The van der Waals surface area contributed by atoms with Crippen LogP contribution >= 0.6 is 11.6 Å². The van der Waals surface area contributed by atoms with Gasteiger partial charge in [-0.2, -0.15) is 0 Å². The van der Waals surface area contributed by atoms with Crippen molar-refractivity contribution in [3.8, 4) is 5.75 Å². The first-order valence-corrected chi connectivity index (χ1v) is 10.9. The monoisotopic (exact) mass is 493 g/mol. The van der Waals surface area contributed by atoms with Crippen LogP contribution in [0, 0.1) is 11.6 Å². The average molecular weight is 494 g/mol. The molecule has 180 valence electrons. The van der Waals surface area contributed by atoms with E-state index in [0.29, 0.717) is 12.8 Å². The van der Waals surface area contributed by atoms with E-state index in [1.54, 1.807) is 13.0 Å². The van der Waals surface area contributed by atoms with Crippen LogP contribution in [0.15, 0.2) is 35.8 Å². The van der Waals surface area contributed by atoms with Crippen molar-refractivity contribution in [1.29, 1.82) is 0 Å². The molecule has 2 atom stereocenters. The van der Waals surface area contributed by atoms with Gasteiger partial charge in [-0.1, -0.05) is 23.7 Å². The third-order valence-electron chi connectivity index (χ3n) is 6.11. The number of rotatable bonds is 6. The molecule has 2 aliphatic heterocycles. The molecule has 4 rings (SSSR count). The molecule has 0 aliphatic carbocycles. The lowest BCUT2D eigenvalue weighted by Crippen LogP contribution is -2.58. The number of carbonyl (C=O) groups is 2. The fourth-order valence-corrected chi connectivity index (χ4v) is 4.63. The lowest BCUT2D eigenvalue weighted by atomic mass is 9.99. The summed E-state index contributed by atoms with van der Waals surface area (Å²) in [6, 6.07) is 1.79. The van der Waals surface area contributed by atoms with Crippen LogP contribution in [0.3, 0.4) is 0 Å². The number of benzene rings is 1. The first kappa shape index (κ1) is 23.9. The van der Waals surface area contributed by atoms with Gasteiger partial charge in [-0.05, 0) is 19.4 Å². The summed E-state index contributed by atoms with van der Waals surface area (Å²) in [5, 5.41) is 12.2. The average Bonchev–Trinajstić information content (AvgIpc) is 3.14. The topological polar surface area (TPSA) is 101 Å². The molecule has 11 heteroatoms. The summed E-state index contributed by atoms with van der Waals surface area (Å²) >= 11 is 5.55. The number of carbonyl (C=O) groups excluding carboxylic acids is 2. The van der Waals surface area contributed by atoms with Crippen LogP contribution in [-0.2, 0) is 17.8 Å². The van der Waals surface area contributed by atoms with Crippen LogP contribution in [0.25, 0.3) is 0 Å². The molecule has 0 saturated carbocycles. The zero-order valence-corrected chi connectivity index (χ0v) is 19.0. The molecule has 3 heterocycles. The van der Waals surface area contributed by atoms with Crippen molar-refractivity contribution in [3.05, 3.63) is 74.7 Å². The summed E-state index contributed by atoms with van der Waals surface area (Å²) in [5.41, 5.74) is -2.82. The predicted octanol–water partition coefficient (Wildman–Crippen LogP) is 2.95. The maximum absolute atomic E-state index is 14.1. The number of nitrogens with zero attached hydrogens (tertiary/aromatic N) is 2. The number of ether oxygens (including phenoxy) is 1. The van der Waals surface area contributed by atoms with Gasteiger partial charge in [0.2, 0.25) is 5.43 Å². The minimum absolute atomic E-state index is 0.0859. The second-order valence-corrected chi connectivity index (χ2v) is 8.70. The number of nitrogens with one attached hydrogen (secondary N) is 1. The number of allylic oxidation sites excluding steroid dienone is 1. The second-order valence-electron chi connectivity index (χ2n) is 8.32. The number of halogens is 3. The van der Waals surface area contributed by atoms with Gasteiger partial charge in [0.05, 0.1) is 19.2 Å². The van der Waals surface area contributed by atoms with E-state index in [4.69, 9.17) is 16.3 Å². The number of amides is 2. The van der Waals surface area contributed by atoms with Crippen molar-refractivity contribution in [2.75, 3.05) is 6.61 Å². The van der Waals surface area contributed by atoms with Crippen LogP contribution in [-0.4, -0.2) is 44.8 Å². The van der Waals surface area contributed by atoms with Gasteiger partial charge in [0, 0.05) is 24.7 Å². The first-order chi connectivity index (χ1) is 16.1. The molecule has 2 aromatic rings. The maximum Gasteiger partial charge on any atom is 0.277 e. The van der Waals surface area contributed by atoms with Gasteiger partial charge >= 0.3 is 0 Å². The fourth-order valence-electron chi connectivity index (χ4n) is 4.44. The Hall–Kier alpha value is -3.24. The zero-order valence-electron chi connectivity index (χ0n) is 18.2. The second kappa shape index (κ2) is 8.84. The van der Waals surface area contributed by atoms with Gasteiger partial charge in [0.25, 0.3) is 11.8 Å². The summed E-state index contributed by atoms with van der Waals surface area (Å²) in [7, 11) is 0. The van der Waals surface area contributed by atoms with Gasteiger partial charge in [-0.3, -0.25) is 14.4 Å². The molecule has 1 aromatic carbocycles. The van der Waals surface area contributed by atoms with Gasteiger partial charge in [0.15, 0.2) is 17.2 Å². The van der Waals surface area contributed by atoms with Crippen molar-refractivity contribution in [1.82, 2.24) is 14.8 Å².